The van der Waals surface area contributed by atoms with E-state index in [1.807, 2.05) is 7.05 Å². The minimum atomic E-state index is -0.421. The van der Waals surface area contributed by atoms with Crippen LogP contribution in [0.1, 0.15) is 44.1 Å². The zero-order valence-electron chi connectivity index (χ0n) is 11.5. The van der Waals surface area contributed by atoms with Gasteiger partial charge in [-0.25, -0.2) is 4.39 Å². The van der Waals surface area contributed by atoms with E-state index in [0.717, 1.165) is 12.6 Å². The second kappa shape index (κ2) is 6.05. The average molecular weight is 252 g/mol. The van der Waals surface area contributed by atoms with Crippen molar-refractivity contribution in [2.45, 2.75) is 39.2 Å². The van der Waals surface area contributed by atoms with Crippen LogP contribution in [0.4, 0.5) is 4.39 Å². The van der Waals surface area contributed by atoms with Crippen LogP contribution in [0, 0.1) is 5.82 Å². The number of nitrogens with zero attached hydrogens (tertiary/aromatic N) is 2. The molecule has 0 aromatic carbocycles. The minimum absolute atomic E-state index is 0.0475. The molecule has 4 heteroatoms. The standard InChI is InChI=1S/C14H21FN2O/c1-5-14(2,3)17(4)9-8-13(18)12-7-6-11(15)10-16-12/h6-7,10H,5,8-9H2,1-4H3. The van der Waals surface area contributed by atoms with Crippen LogP contribution in [0.5, 0.6) is 0 Å². The van der Waals surface area contributed by atoms with Crippen molar-refractivity contribution in [3.8, 4) is 0 Å². The molecule has 1 aromatic heterocycles. The summed E-state index contributed by atoms with van der Waals surface area (Å²) >= 11 is 0. The summed E-state index contributed by atoms with van der Waals surface area (Å²) < 4.78 is 12.7. The Labute approximate surface area is 108 Å². The molecule has 0 aliphatic rings. The lowest BCUT2D eigenvalue weighted by molar-refractivity contribution is 0.0924. The van der Waals surface area contributed by atoms with E-state index in [4.69, 9.17) is 0 Å². The predicted octanol–water partition coefficient (Wildman–Crippen LogP) is 2.91. The summed E-state index contributed by atoms with van der Waals surface area (Å²) in [6.07, 6.45) is 2.50. The molecule has 0 aliphatic carbocycles. The number of hydrogen-bond acceptors (Lipinski definition) is 3. The third-order valence-corrected chi connectivity index (χ3v) is 3.59. The molecule has 0 fully saturated rings. The van der Waals surface area contributed by atoms with Crippen LogP contribution in [0.3, 0.4) is 0 Å². The van der Waals surface area contributed by atoms with Gasteiger partial charge in [0.05, 0.1) is 6.20 Å². The summed E-state index contributed by atoms with van der Waals surface area (Å²) in [5.74, 6) is -0.468. The van der Waals surface area contributed by atoms with Crippen LogP contribution in [-0.2, 0) is 0 Å². The highest BCUT2D eigenvalue weighted by molar-refractivity contribution is 5.94. The van der Waals surface area contributed by atoms with Gasteiger partial charge < -0.3 is 4.90 Å². The molecule has 0 atom stereocenters. The van der Waals surface area contributed by atoms with Gasteiger partial charge in [0, 0.05) is 18.5 Å². The second-order valence-corrected chi connectivity index (χ2v) is 5.12. The minimum Gasteiger partial charge on any atom is -0.301 e. The van der Waals surface area contributed by atoms with Gasteiger partial charge in [0.1, 0.15) is 11.5 Å². The van der Waals surface area contributed by atoms with Gasteiger partial charge in [0.25, 0.3) is 0 Å². The largest absolute Gasteiger partial charge is 0.301 e. The zero-order valence-corrected chi connectivity index (χ0v) is 11.5. The van der Waals surface area contributed by atoms with Crippen LogP contribution < -0.4 is 0 Å². The Morgan fingerprint density at radius 1 is 1.44 bits per heavy atom. The van der Waals surface area contributed by atoms with Gasteiger partial charge in [0.2, 0.25) is 0 Å². The van der Waals surface area contributed by atoms with Crippen LogP contribution >= 0.6 is 0 Å². The summed E-state index contributed by atoms with van der Waals surface area (Å²) in [6.45, 7) is 7.10. The van der Waals surface area contributed by atoms with Gasteiger partial charge in [-0.05, 0) is 39.4 Å². The second-order valence-electron chi connectivity index (χ2n) is 5.12. The Balaban J connectivity index is 2.54. The van der Waals surface area contributed by atoms with E-state index in [0.29, 0.717) is 18.7 Å². The maximum absolute atomic E-state index is 12.7. The molecule has 0 amide bonds. The number of hydrogen-bond donors (Lipinski definition) is 0. The van der Waals surface area contributed by atoms with E-state index in [2.05, 4.69) is 30.7 Å². The van der Waals surface area contributed by atoms with Crippen molar-refractivity contribution in [2.75, 3.05) is 13.6 Å². The first-order valence-electron chi connectivity index (χ1n) is 6.23. The van der Waals surface area contributed by atoms with Crippen LogP contribution in [0.15, 0.2) is 18.3 Å². The molecule has 1 rings (SSSR count). The fourth-order valence-electron chi connectivity index (χ4n) is 1.51. The third kappa shape index (κ3) is 3.88. The molecule has 0 aliphatic heterocycles. The molecule has 1 aromatic rings. The van der Waals surface area contributed by atoms with Crippen molar-refractivity contribution in [1.82, 2.24) is 9.88 Å². The summed E-state index contributed by atoms with van der Waals surface area (Å²) in [5.41, 5.74) is 0.412. The van der Waals surface area contributed by atoms with Crippen LogP contribution in [-0.4, -0.2) is 34.8 Å². The molecule has 100 valence electrons. The highest BCUT2D eigenvalue weighted by atomic mass is 19.1. The SMILES string of the molecule is CCC(C)(C)N(C)CCC(=O)c1ccc(F)cn1. The molecule has 0 spiro atoms. The van der Waals surface area contributed by atoms with Crippen molar-refractivity contribution < 1.29 is 9.18 Å². The van der Waals surface area contributed by atoms with Gasteiger partial charge in [-0.2, -0.15) is 0 Å². The van der Waals surface area contributed by atoms with E-state index < -0.39 is 5.82 Å². The predicted molar refractivity (Wildman–Crippen MR) is 70.1 cm³/mol. The van der Waals surface area contributed by atoms with E-state index in [1.54, 1.807) is 0 Å². The fraction of sp³-hybridized carbons (Fsp3) is 0.571. The normalized spacial score (nSPS) is 11.9. The highest BCUT2D eigenvalue weighted by Crippen LogP contribution is 2.16. The molecular formula is C14H21FN2O. The van der Waals surface area contributed by atoms with Gasteiger partial charge in [-0.15, -0.1) is 0 Å². The fourth-order valence-corrected chi connectivity index (χ4v) is 1.51. The molecule has 0 bridgehead atoms. The monoisotopic (exact) mass is 252 g/mol. The van der Waals surface area contributed by atoms with Gasteiger partial charge in [0.15, 0.2) is 5.78 Å². The van der Waals surface area contributed by atoms with Gasteiger partial charge in [-0.3, -0.25) is 9.78 Å². The molecule has 18 heavy (non-hydrogen) atoms. The Hall–Kier alpha value is -1.29. The number of aromatic nitrogens is 1. The lowest BCUT2D eigenvalue weighted by Crippen LogP contribution is -2.41. The molecule has 3 nitrogen and oxygen atoms in total. The van der Waals surface area contributed by atoms with Gasteiger partial charge >= 0.3 is 0 Å². The number of ketones is 1. The smallest absolute Gasteiger partial charge is 0.182 e. The molecular weight excluding hydrogens is 231 g/mol. The van der Waals surface area contributed by atoms with Crippen LogP contribution in [0.25, 0.3) is 0 Å². The topological polar surface area (TPSA) is 33.2 Å². The highest BCUT2D eigenvalue weighted by Gasteiger charge is 2.21. The summed E-state index contributed by atoms with van der Waals surface area (Å²) in [5, 5.41) is 0. The number of Topliss-reactive ketones (excluding diaryl/α,β-unsaturated/α-hetero) is 1. The summed E-state index contributed by atoms with van der Waals surface area (Å²) in [7, 11) is 2.01. The number of carbonyl (C=O) groups is 1. The lowest BCUT2D eigenvalue weighted by atomic mass is 9.99. The van der Waals surface area contributed by atoms with E-state index in [9.17, 15) is 9.18 Å². The lowest BCUT2D eigenvalue weighted by Gasteiger charge is -2.34. The van der Waals surface area contributed by atoms with Gasteiger partial charge in [-0.1, -0.05) is 6.92 Å². The number of halogens is 1. The van der Waals surface area contributed by atoms with Crippen molar-refractivity contribution in [3.05, 3.63) is 29.8 Å². The Kier molecular flexibility index (Phi) is 4.96. The molecule has 0 N–H and O–H groups in total. The Morgan fingerprint density at radius 3 is 2.61 bits per heavy atom. The van der Waals surface area contributed by atoms with E-state index in [1.165, 1.54) is 12.1 Å². The third-order valence-electron chi connectivity index (χ3n) is 3.59. The van der Waals surface area contributed by atoms with Crippen molar-refractivity contribution in [1.29, 1.82) is 0 Å². The Morgan fingerprint density at radius 2 is 2.11 bits per heavy atom. The number of pyridine rings is 1. The molecule has 0 saturated carbocycles. The first kappa shape index (κ1) is 14.8. The van der Waals surface area contributed by atoms with Crippen LogP contribution in [0.2, 0.25) is 0 Å². The molecule has 0 saturated heterocycles. The Bertz CT molecular complexity index is 401. The van der Waals surface area contributed by atoms with Crippen molar-refractivity contribution in [3.63, 3.8) is 0 Å². The first-order chi connectivity index (χ1) is 8.36. The van der Waals surface area contributed by atoms with Crippen molar-refractivity contribution >= 4 is 5.78 Å². The molecule has 0 radical (unpaired) electrons. The average Bonchev–Trinajstić information content (AvgIpc) is 2.36. The van der Waals surface area contributed by atoms with E-state index >= 15 is 0 Å². The summed E-state index contributed by atoms with van der Waals surface area (Å²) in [4.78, 5) is 17.8. The quantitative estimate of drug-likeness (QED) is 0.730. The molecule has 1 heterocycles. The first-order valence-corrected chi connectivity index (χ1v) is 6.23. The summed E-state index contributed by atoms with van der Waals surface area (Å²) in [6, 6.07) is 2.70. The maximum atomic E-state index is 12.7. The van der Waals surface area contributed by atoms with Crippen molar-refractivity contribution in [2.24, 2.45) is 0 Å². The number of carbonyl (C=O) groups excluding carboxylic acids is 1. The zero-order chi connectivity index (χ0) is 13.8. The molecule has 0 unspecified atom stereocenters. The number of rotatable bonds is 6. The maximum Gasteiger partial charge on any atom is 0.182 e. The van der Waals surface area contributed by atoms with E-state index in [-0.39, 0.29) is 11.3 Å².